The SMILES string of the molecule is [CH-]=O.[CH-]=O.[CH-]=O.[CH3-].[CH3-].[Ru+5]. The van der Waals surface area contributed by atoms with Crippen LogP contribution >= 0.6 is 0 Å². The molecule has 0 atom stereocenters. The van der Waals surface area contributed by atoms with Crippen molar-refractivity contribution in [2.75, 3.05) is 0 Å². The van der Waals surface area contributed by atoms with Gasteiger partial charge in [-0.25, -0.2) is 0 Å². The van der Waals surface area contributed by atoms with Gasteiger partial charge in [0.1, 0.15) is 0 Å². The minimum atomic E-state index is 0. The standard InChI is InChI=1S/3CHO.2CH3.Ru/c3*1-2;;;/h3*1H;2*1H3;/q5*-1;+5. The van der Waals surface area contributed by atoms with Gasteiger partial charge >= 0.3 is 19.5 Å². The van der Waals surface area contributed by atoms with E-state index in [9.17, 15) is 0 Å². The Balaban J connectivity index is -0.00000000321. The van der Waals surface area contributed by atoms with E-state index < -0.39 is 0 Å². The summed E-state index contributed by atoms with van der Waals surface area (Å²) in [6.07, 6.45) is 0. The van der Waals surface area contributed by atoms with Crippen molar-refractivity contribution >= 4 is 20.4 Å². The Bertz CT molecular complexity index is 16.9. The molecule has 0 amide bonds. The van der Waals surface area contributed by atoms with Crippen molar-refractivity contribution in [1.82, 2.24) is 0 Å². The van der Waals surface area contributed by atoms with E-state index in [2.05, 4.69) is 20.4 Å². The molecule has 0 saturated carbocycles. The van der Waals surface area contributed by atoms with Crippen LogP contribution in [0.25, 0.3) is 0 Å². The Morgan fingerprint density at radius 3 is 0.556 bits per heavy atom. The van der Waals surface area contributed by atoms with Crippen LogP contribution < -0.4 is 0 Å². The number of hydrogen-bond donors (Lipinski definition) is 0. The molecular weight excluding hydrogens is 209 g/mol. The van der Waals surface area contributed by atoms with E-state index >= 15 is 0 Å². The van der Waals surface area contributed by atoms with Crippen LogP contribution in [0.3, 0.4) is 0 Å². The Hall–Kier alpha value is -0.367. The smallest absolute Gasteiger partial charge is 0.545 e. The monoisotopic (exact) mass is 219 g/mol. The topological polar surface area (TPSA) is 51.2 Å². The first-order chi connectivity index (χ1) is 3.00. The molecule has 0 saturated heterocycles. The van der Waals surface area contributed by atoms with Crippen molar-refractivity contribution in [1.29, 1.82) is 0 Å². The van der Waals surface area contributed by atoms with Crippen molar-refractivity contribution in [2.45, 2.75) is 0 Å². The van der Waals surface area contributed by atoms with Gasteiger partial charge in [-0.2, -0.15) is 0 Å². The molecule has 0 aliphatic carbocycles. The molecule has 1 radical (unpaired) electrons. The Kier molecular flexibility index (Phi) is 20100. The van der Waals surface area contributed by atoms with Crippen LogP contribution in [0.4, 0.5) is 0 Å². The maximum absolute atomic E-state index is 7.75. The Morgan fingerprint density at radius 2 is 0.556 bits per heavy atom. The van der Waals surface area contributed by atoms with Gasteiger partial charge in [0, 0.05) is 0 Å². The van der Waals surface area contributed by atoms with E-state index in [4.69, 9.17) is 14.4 Å². The van der Waals surface area contributed by atoms with E-state index in [0.717, 1.165) is 0 Å². The third-order valence-electron chi connectivity index (χ3n) is 0. The summed E-state index contributed by atoms with van der Waals surface area (Å²) in [7, 11) is 0. The third-order valence-corrected chi connectivity index (χ3v) is 0. The molecule has 0 aliphatic heterocycles. The molecule has 0 rings (SSSR count). The second-order valence-electron chi connectivity index (χ2n) is 0. The molecular formula is C5H9O3Ru. The first kappa shape index (κ1) is 72.5. The van der Waals surface area contributed by atoms with Crippen molar-refractivity contribution in [3.63, 3.8) is 0 Å². The molecule has 0 aromatic rings. The van der Waals surface area contributed by atoms with Gasteiger partial charge in [-0.05, 0) is 0 Å². The van der Waals surface area contributed by atoms with Gasteiger partial charge < -0.3 is 29.2 Å². The fourth-order valence-corrected chi connectivity index (χ4v) is 0. The van der Waals surface area contributed by atoms with Gasteiger partial charge in [0.2, 0.25) is 0 Å². The van der Waals surface area contributed by atoms with E-state index in [-0.39, 0.29) is 34.3 Å². The molecule has 0 N–H and O–H groups in total. The number of rotatable bonds is 0. The average molecular weight is 218 g/mol. The molecule has 0 bridgehead atoms. The normalized spacial score (nSPS) is 1.33. The number of hydrogen-bond acceptors (Lipinski definition) is 3. The Labute approximate surface area is 69.6 Å². The average Bonchev–Trinajstić information content (AvgIpc) is 1.81. The molecule has 0 aliphatic rings. The molecule has 0 heterocycles. The second-order valence-corrected chi connectivity index (χ2v) is 0. The van der Waals surface area contributed by atoms with Crippen LogP contribution in [-0.4, -0.2) is 20.4 Å². The number of carbonyl (C=O) groups excluding carboxylic acids is 3. The van der Waals surface area contributed by atoms with Gasteiger partial charge in [-0.3, -0.25) is 20.4 Å². The molecule has 0 spiro atoms. The van der Waals surface area contributed by atoms with Gasteiger partial charge in [-0.15, -0.1) is 0 Å². The largest absolute Gasteiger partial charge is 5.00 e. The molecule has 3 nitrogen and oxygen atoms in total. The van der Waals surface area contributed by atoms with Crippen molar-refractivity contribution < 1.29 is 33.9 Å². The molecule has 9 heavy (non-hydrogen) atoms. The summed E-state index contributed by atoms with van der Waals surface area (Å²) in [5.41, 5.74) is 0. The van der Waals surface area contributed by atoms with Crippen molar-refractivity contribution in [3.05, 3.63) is 14.9 Å². The summed E-state index contributed by atoms with van der Waals surface area (Å²) in [6.45, 7) is 9.75. The zero-order chi connectivity index (χ0) is 6.00. The molecule has 0 aromatic carbocycles. The van der Waals surface area contributed by atoms with Crippen LogP contribution in [0.5, 0.6) is 0 Å². The van der Waals surface area contributed by atoms with Crippen LogP contribution in [0.1, 0.15) is 0 Å². The first-order valence-electron chi connectivity index (χ1n) is 0.707. The van der Waals surface area contributed by atoms with Crippen LogP contribution in [0.15, 0.2) is 0 Å². The first-order valence-corrected chi connectivity index (χ1v) is 0.707. The van der Waals surface area contributed by atoms with Gasteiger partial charge in [0.25, 0.3) is 0 Å². The van der Waals surface area contributed by atoms with Crippen LogP contribution in [0, 0.1) is 14.9 Å². The van der Waals surface area contributed by atoms with Crippen molar-refractivity contribution in [3.8, 4) is 0 Å². The van der Waals surface area contributed by atoms with E-state index in [0.29, 0.717) is 0 Å². The van der Waals surface area contributed by atoms with Crippen LogP contribution in [0.2, 0.25) is 0 Å². The van der Waals surface area contributed by atoms with E-state index in [1.807, 2.05) is 0 Å². The minimum absolute atomic E-state index is 0. The second kappa shape index (κ2) is 2500. The zero-order valence-electron chi connectivity index (χ0n) is 5.31. The summed E-state index contributed by atoms with van der Waals surface area (Å²) in [4.78, 5) is 23.2. The fraction of sp³-hybridized carbons (Fsp3) is 0. The maximum atomic E-state index is 7.75. The molecule has 0 fully saturated rings. The summed E-state index contributed by atoms with van der Waals surface area (Å²) < 4.78 is 0. The third kappa shape index (κ3) is 1800. The molecule has 0 unspecified atom stereocenters. The van der Waals surface area contributed by atoms with Gasteiger partial charge in [0.15, 0.2) is 0 Å². The molecule has 4 heteroatoms. The quantitative estimate of drug-likeness (QED) is 0.328. The Morgan fingerprint density at radius 1 is 0.556 bits per heavy atom. The van der Waals surface area contributed by atoms with Gasteiger partial charge in [-0.1, -0.05) is 0 Å². The van der Waals surface area contributed by atoms with Gasteiger partial charge in [0.05, 0.1) is 0 Å². The molecule has 55 valence electrons. The van der Waals surface area contributed by atoms with E-state index in [1.54, 1.807) is 0 Å². The predicted molar refractivity (Wildman–Crippen MR) is 33.1 cm³/mol. The zero-order valence-corrected chi connectivity index (χ0v) is 7.05. The summed E-state index contributed by atoms with van der Waals surface area (Å²) in [5.74, 6) is 0. The van der Waals surface area contributed by atoms with Crippen molar-refractivity contribution in [2.24, 2.45) is 0 Å². The summed E-state index contributed by atoms with van der Waals surface area (Å²) in [6, 6.07) is 0. The summed E-state index contributed by atoms with van der Waals surface area (Å²) >= 11 is 0. The maximum Gasteiger partial charge on any atom is 5.00 e. The minimum Gasteiger partial charge on any atom is -0.545 e. The molecule has 0 aromatic heterocycles. The predicted octanol–water partition coefficient (Wildman–Crippen LogP) is 0.0758. The fourth-order valence-electron chi connectivity index (χ4n) is 0. The van der Waals surface area contributed by atoms with Crippen LogP contribution in [-0.2, 0) is 33.9 Å². The van der Waals surface area contributed by atoms with E-state index in [1.165, 1.54) is 0 Å². The summed E-state index contributed by atoms with van der Waals surface area (Å²) in [5, 5.41) is 0.